The van der Waals surface area contributed by atoms with Crippen molar-refractivity contribution in [1.82, 2.24) is 5.32 Å². The van der Waals surface area contributed by atoms with Gasteiger partial charge in [-0.15, -0.1) is 0 Å². The molecule has 1 N–H and O–H groups in total. The summed E-state index contributed by atoms with van der Waals surface area (Å²) < 4.78 is 36.2. The van der Waals surface area contributed by atoms with E-state index < -0.39 is 20.8 Å². The van der Waals surface area contributed by atoms with Gasteiger partial charge < -0.3 is 5.32 Å². The number of halogens is 1. The zero-order chi connectivity index (χ0) is 8.82. The van der Waals surface area contributed by atoms with Crippen LogP contribution in [0.15, 0.2) is 0 Å². The molecule has 0 radical (unpaired) electrons. The molecule has 1 saturated heterocycles. The standard InChI is InChI=1S/C7H12FNO2S/c8-7(1-2-7)6-5-9-3-4-12(6,10)11/h6,9H,1-5H2. The molecule has 0 aromatic rings. The Bertz CT molecular complexity index is 284. The van der Waals surface area contributed by atoms with Gasteiger partial charge >= 0.3 is 0 Å². The van der Waals surface area contributed by atoms with Crippen molar-refractivity contribution in [3.05, 3.63) is 0 Å². The first-order valence-corrected chi connectivity index (χ1v) is 5.87. The maximum atomic E-state index is 13.5. The second-order valence-corrected chi connectivity index (χ2v) is 5.90. The summed E-state index contributed by atoms with van der Waals surface area (Å²) in [5.74, 6) is 0.0866. The van der Waals surface area contributed by atoms with Crippen molar-refractivity contribution in [3.63, 3.8) is 0 Å². The molecule has 1 unspecified atom stereocenters. The van der Waals surface area contributed by atoms with E-state index in [0.717, 1.165) is 0 Å². The van der Waals surface area contributed by atoms with Crippen LogP contribution in [0.3, 0.4) is 0 Å². The number of hydrogen-bond acceptors (Lipinski definition) is 3. The van der Waals surface area contributed by atoms with Crippen LogP contribution in [-0.2, 0) is 9.84 Å². The maximum Gasteiger partial charge on any atom is 0.158 e. The van der Waals surface area contributed by atoms with Gasteiger partial charge in [0.2, 0.25) is 0 Å². The van der Waals surface area contributed by atoms with E-state index in [4.69, 9.17) is 0 Å². The lowest BCUT2D eigenvalue weighted by atomic mass is 10.2. The van der Waals surface area contributed by atoms with E-state index in [1.807, 2.05) is 0 Å². The van der Waals surface area contributed by atoms with Crippen LogP contribution < -0.4 is 5.32 Å². The molecule has 1 aliphatic carbocycles. The van der Waals surface area contributed by atoms with Crippen molar-refractivity contribution < 1.29 is 12.8 Å². The Morgan fingerprint density at radius 2 is 2.08 bits per heavy atom. The molecule has 70 valence electrons. The van der Waals surface area contributed by atoms with Crippen LogP contribution in [0.2, 0.25) is 0 Å². The molecule has 1 saturated carbocycles. The minimum Gasteiger partial charge on any atom is -0.314 e. The highest BCUT2D eigenvalue weighted by Gasteiger charge is 2.56. The molecule has 1 heterocycles. The van der Waals surface area contributed by atoms with Crippen molar-refractivity contribution in [3.8, 4) is 0 Å². The van der Waals surface area contributed by atoms with Crippen molar-refractivity contribution in [2.75, 3.05) is 18.8 Å². The first kappa shape index (κ1) is 8.44. The van der Waals surface area contributed by atoms with Gasteiger partial charge in [0.1, 0.15) is 10.9 Å². The third-order valence-electron chi connectivity index (χ3n) is 2.63. The Kier molecular flexibility index (Phi) is 1.70. The molecule has 0 spiro atoms. The van der Waals surface area contributed by atoms with Crippen LogP contribution >= 0.6 is 0 Å². The van der Waals surface area contributed by atoms with Crippen LogP contribution in [0.5, 0.6) is 0 Å². The van der Waals surface area contributed by atoms with Crippen LogP contribution in [0.25, 0.3) is 0 Å². The molecule has 0 aromatic carbocycles. The van der Waals surface area contributed by atoms with E-state index in [0.29, 0.717) is 25.9 Å². The van der Waals surface area contributed by atoms with Gasteiger partial charge in [-0.2, -0.15) is 0 Å². The third kappa shape index (κ3) is 1.25. The van der Waals surface area contributed by atoms with Gasteiger partial charge in [-0.25, -0.2) is 12.8 Å². The van der Waals surface area contributed by atoms with E-state index in [1.54, 1.807) is 0 Å². The summed E-state index contributed by atoms with van der Waals surface area (Å²) in [5.41, 5.74) is -1.40. The molecule has 0 aromatic heterocycles. The Labute approximate surface area is 71.3 Å². The summed E-state index contributed by atoms with van der Waals surface area (Å²) in [6.45, 7) is 0.758. The maximum absolute atomic E-state index is 13.5. The van der Waals surface area contributed by atoms with Gasteiger partial charge in [0.25, 0.3) is 0 Å². The van der Waals surface area contributed by atoms with Gasteiger partial charge in [0.05, 0.1) is 5.75 Å². The first-order chi connectivity index (χ1) is 5.55. The topological polar surface area (TPSA) is 46.2 Å². The molecule has 2 aliphatic rings. The molecule has 2 fully saturated rings. The van der Waals surface area contributed by atoms with E-state index in [-0.39, 0.29) is 5.75 Å². The summed E-state index contributed by atoms with van der Waals surface area (Å²) in [6.07, 6.45) is 0.831. The van der Waals surface area contributed by atoms with Gasteiger partial charge in [-0.05, 0) is 12.8 Å². The predicted molar refractivity (Wildman–Crippen MR) is 43.5 cm³/mol. The zero-order valence-corrected chi connectivity index (χ0v) is 7.53. The van der Waals surface area contributed by atoms with Gasteiger partial charge in [-0.3, -0.25) is 0 Å². The normalized spacial score (nSPS) is 37.6. The lowest BCUT2D eigenvalue weighted by Crippen LogP contribution is -2.49. The molecule has 1 atom stereocenters. The van der Waals surface area contributed by atoms with Gasteiger partial charge in [-0.1, -0.05) is 0 Å². The molecule has 3 nitrogen and oxygen atoms in total. The van der Waals surface area contributed by atoms with Gasteiger partial charge in [0.15, 0.2) is 9.84 Å². The number of alkyl halides is 1. The molecular formula is C7H12FNO2S. The number of hydrogen-bond donors (Lipinski definition) is 1. The van der Waals surface area contributed by atoms with Crippen molar-refractivity contribution >= 4 is 9.84 Å². The summed E-state index contributed by atoms with van der Waals surface area (Å²) in [5, 5.41) is 2.14. The lowest BCUT2D eigenvalue weighted by molar-refractivity contribution is 0.284. The molecule has 0 bridgehead atoms. The number of rotatable bonds is 1. The SMILES string of the molecule is O=S1(=O)CCNCC1C1(F)CC1. The van der Waals surface area contributed by atoms with E-state index in [9.17, 15) is 12.8 Å². The van der Waals surface area contributed by atoms with Crippen molar-refractivity contribution in [1.29, 1.82) is 0 Å². The average molecular weight is 193 g/mol. The van der Waals surface area contributed by atoms with Gasteiger partial charge in [0, 0.05) is 13.1 Å². The second kappa shape index (κ2) is 2.42. The Hall–Kier alpha value is -0.160. The highest BCUT2D eigenvalue weighted by molar-refractivity contribution is 7.92. The monoisotopic (exact) mass is 193 g/mol. The van der Waals surface area contributed by atoms with Crippen LogP contribution in [-0.4, -0.2) is 38.2 Å². The quantitative estimate of drug-likeness (QED) is 0.631. The molecule has 0 amide bonds. The van der Waals surface area contributed by atoms with Crippen LogP contribution in [0, 0.1) is 0 Å². The minimum absolute atomic E-state index is 0.0866. The van der Waals surface area contributed by atoms with Crippen LogP contribution in [0.4, 0.5) is 4.39 Å². The predicted octanol–water partition coefficient (Wildman–Crippen LogP) is -0.125. The fraction of sp³-hybridized carbons (Fsp3) is 1.00. The number of nitrogens with one attached hydrogen (secondary N) is 1. The number of sulfone groups is 1. The van der Waals surface area contributed by atoms with E-state index in [2.05, 4.69) is 5.32 Å². The summed E-state index contributed by atoms with van der Waals surface area (Å²) in [4.78, 5) is 0. The smallest absolute Gasteiger partial charge is 0.158 e. The Balaban J connectivity index is 2.22. The van der Waals surface area contributed by atoms with Crippen LogP contribution in [0.1, 0.15) is 12.8 Å². The fourth-order valence-electron chi connectivity index (χ4n) is 1.66. The minimum atomic E-state index is -3.16. The molecular weight excluding hydrogens is 181 g/mol. The Morgan fingerprint density at radius 3 is 2.58 bits per heavy atom. The summed E-state index contributed by atoms with van der Waals surface area (Å²) >= 11 is 0. The first-order valence-electron chi connectivity index (χ1n) is 4.16. The summed E-state index contributed by atoms with van der Waals surface area (Å²) in [6, 6.07) is 0. The summed E-state index contributed by atoms with van der Waals surface area (Å²) in [7, 11) is -3.16. The van der Waals surface area contributed by atoms with Crippen molar-refractivity contribution in [2.45, 2.75) is 23.8 Å². The molecule has 1 aliphatic heterocycles. The third-order valence-corrected chi connectivity index (χ3v) is 4.86. The highest BCUT2D eigenvalue weighted by atomic mass is 32.2. The largest absolute Gasteiger partial charge is 0.314 e. The molecule has 12 heavy (non-hydrogen) atoms. The van der Waals surface area contributed by atoms with Crippen molar-refractivity contribution in [2.24, 2.45) is 0 Å². The average Bonchev–Trinajstić information content (AvgIpc) is 2.67. The van der Waals surface area contributed by atoms with E-state index in [1.165, 1.54) is 0 Å². The zero-order valence-electron chi connectivity index (χ0n) is 6.72. The highest BCUT2D eigenvalue weighted by Crippen LogP contribution is 2.46. The van der Waals surface area contributed by atoms with E-state index >= 15 is 0 Å². The fourth-order valence-corrected chi connectivity index (χ4v) is 3.63. The Morgan fingerprint density at radius 1 is 1.42 bits per heavy atom. The lowest BCUT2D eigenvalue weighted by Gasteiger charge is -2.25. The second-order valence-electron chi connectivity index (χ2n) is 3.59. The molecule has 2 rings (SSSR count). The molecule has 5 heteroatoms.